The highest BCUT2D eigenvalue weighted by molar-refractivity contribution is 5.99. The number of hydrogen-bond acceptors (Lipinski definition) is 4. The van der Waals surface area contributed by atoms with Gasteiger partial charge in [-0.25, -0.2) is 4.79 Å². The first-order valence-corrected chi connectivity index (χ1v) is 9.49. The van der Waals surface area contributed by atoms with Crippen LogP contribution in [0.25, 0.3) is 11.3 Å². The van der Waals surface area contributed by atoms with E-state index in [4.69, 9.17) is 4.74 Å². The molecule has 29 heavy (non-hydrogen) atoms. The lowest BCUT2D eigenvalue weighted by Gasteiger charge is -2.19. The van der Waals surface area contributed by atoms with Gasteiger partial charge in [-0.2, -0.15) is 0 Å². The molecule has 0 fully saturated rings. The molecule has 0 saturated carbocycles. The maximum absolute atomic E-state index is 12.9. The summed E-state index contributed by atoms with van der Waals surface area (Å²) in [6, 6.07) is 15.4. The van der Waals surface area contributed by atoms with Crippen molar-refractivity contribution in [3.8, 4) is 17.0 Å². The number of esters is 1. The molecule has 0 radical (unpaired) electrons. The molecule has 1 aromatic heterocycles. The maximum atomic E-state index is 12.9. The van der Waals surface area contributed by atoms with Crippen LogP contribution in [0.1, 0.15) is 49.3 Å². The second kappa shape index (κ2) is 7.91. The summed E-state index contributed by atoms with van der Waals surface area (Å²) >= 11 is 0. The Morgan fingerprint density at radius 2 is 1.76 bits per heavy atom. The van der Waals surface area contributed by atoms with Crippen molar-refractivity contribution in [2.75, 3.05) is 0 Å². The summed E-state index contributed by atoms with van der Waals surface area (Å²) in [6.45, 7) is 8.27. The fourth-order valence-electron chi connectivity index (χ4n) is 3.10. The van der Waals surface area contributed by atoms with Crippen LogP contribution in [0.5, 0.6) is 5.75 Å². The van der Waals surface area contributed by atoms with Gasteiger partial charge in [-0.05, 0) is 41.7 Å². The number of H-pyrrole nitrogens is 1. The SMILES string of the molecule is CCc1cc(C(=O)Oc2ccc(C(C)(C)C)cc2)c(-c2ccccc2[N+](=O)[O-])[nH]1. The third-order valence-corrected chi connectivity index (χ3v) is 4.78. The molecule has 6 nitrogen and oxygen atoms in total. The Balaban J connectivity index is 1.96. The summed E-state index contributed by atoms with van der Waals surface area (Å²) in [7, 11) is 0. The van der Waals surface area contributed by atoms with Crippen molar-refractivity contribution in [3.63, 3.8) is 0 Å². The number of carbonyl (C=O) groups is 1. The molecule has 0 aliphatic heterocycles. The summed E-state index contributed by atoms with van der Waals surface area (Å²) in [4.78, 5) is 27.0. The number of ether oxygens (including phenoxy) is 1. The highest BCUT2D eigenvalue weighted by atomic mass is 16.6. The number of aromatic nitrogens is 1. The van der Waals surface area contributed by atoms with Gasteiger partial charge in [-0.15, -0.1) is 0 Å². The lowest BCUT2D eigenvalue weighted by atomic mass is 9.87. The van der Waals surface area contributed by atoms with E-state index in [0.717, 1.165) is 11.3 Å². The van der Waals surface area contributed by atoms with Gasteiger partial charge in [0, 0.05) is 11.8 Å². The van der Waals surface area contributed by atoms with Gasteiger partial charge in [-0.3, -0.25) is 10.1 Å². The predicted octanol–water partition coefficient (Wildman–Crippen LogP) is 5.67. The van der Waals surface area contributed by atoms with E-state index in [1.807, 2.05) is 19.1 Å². The molecule has 0 amide bonds. The van der Waals surface area contributed by atoms with Crippen LogP contribution < -0.4 is 4.74 Å². The van der Waals surface area contributed by atoms with Crippen LogP contribution in [-0.4, -0.2) is 15.9 Å². The van der Waals surface area contributed by atoms with Crippen LogP contribution in [-0.2, 0) is 11.8 Å². The van der Waals surface area contributed by atoms with Gasteiger partial charge in [0.2, 0.25) is 0 Å². The van der Waals surface area contributed by atoms with Crippen LogP contribution in [0.3, 0.4) is 0 Å². The molecule has 0 saturated heterocycles. The van der Waals surface area contributed by atoms with E-state index in [1.54, 1.807) is 36.4 Å². The van der Waals surface area contributed by atoms with Gasteiger partial charge in [-0.1, -0.05) is 52.0 Å². The molecule has 0 spiro atoms. The molecule has 6 heteroatoms. The minimum atomic E-state index is -0.558. The van der Waals surface area contributed by atoms with Gasteiger partial charge < -0.3 is 9.72 Å². The molecule has 150 valence electrons. The molecule has 0 aliphatic rings. The molecule has 1 N–H and O–H groups in total. The number of aryl methyl sites for hydroxylation is 1. The molecule has 2 aromatic carbocycles. The van der Waals surface area contributed by atoms with E-state index in [9.17, 15) is 14.9 Å². The normalized spacial score (nSPS) is 11.3. The highest BCUT2D eigenvalue weighted by Crippen LogP contribution is 2.33. The first kappa shape index (κ1) is 20.3. The molecular weight excluding hydrogens is 368 g/mol. The predicted molar refractivity (Wildman–Crippen MR) is 112 cm³/mol. The Labute approximate surface area is 169 Å². The Hall–Kier alpha value is -3.41. The number of rotatable bonds is 5. The topological polar surface area (TPSA) is 85.2 Å². The average Bonchev–Trinajstić information content (AvgIpc) is 3.12. The van der Waals surface area contributed by atoms with Crippen molar-refractivity contribution in [2.24, 2.45) is 0 Å². The molecule has 1 heterocycles. The molecular formula is C23H24N2O4. The fourth-order valence-corrected chi connectivity index (χ4v) is 3.10. The maximum Gasteiger partial charge on any atom is 0.345 e. The van der Waals surface area contributed by atoms with Gasteiger partial charge in [0.1, 0.15) is 5.75 Å². The van der Waals surface area contributed by atoms with E-state index in [-0.39, 0.29) is 16.7 Å². The average molecular weight is 392 g/mol. The molecule has 0 unspecified atom stereocenters. The van der Waals surface area contributed by atoms with Crippen molar-refractivity contribution < 1.29 is 14.5 Å². The summed E-state index contributed by atoms with van der Waals surface area (Å²) in [6.07, 6.45) is 0.654. The smallest absolute Gasteiger partial charge is 0.345 e. The van der Waals surface area contributed by atoms with Gasteiger partial charge >= 0.3 is 5.97 Å². The highest BCUT2D eigenvalue weighted by Gasteiger charge is 2.24. The number of hydrogen-bond donors (Lipinski definition) is 1. The Kier molecular flexibility index (Phi) is 5.55. The number of nitro benzene ring substituents is 1. The summed E-state index contributed by atoms with van der Waals surface area (Å²) in [5.41, 5.74) is 2.88. The summed E-state index contributed by atoms with van der Waals surface area (Å²) < 4.78 is 5.56. The molecule has 3 aromatic rings. The number of nitrogens with zero attached hydrogens (tertiary/aromatic N) is 1. The fraction of sp³-hybridized carbons (Fsp3) is 0.261. The van der Waals surface area contributed by atoms with Crippen molar-refractivity contribution in [1.82, 2.24) is 4.98 Å². The number of aromatic amines is 1. The molecule has 0 bridgehead atoms. The van der Waals surface area contributed by atoms with Crippen LogP contribution in [0, 0.1) is 10.1 Å². The zero-order valence-electron chi connectivity index (χ0n) is 17.0. The number of para-hydroxylation sites is 1. The van der Waals surface area contributed by atoms with Gasteiger partial charge in [0.05, 0.1) is 21.7 Å². The third-order valence-electron chi connectivity index (χ3n) is 4.78. The standard InChI is InChI=1S/C23H24N2O4/c1-5-16-14-19(21(24-16)18-8-6-7-9-20(18)25(27)28)22(26)29-17-12-10-15(11-13-17)23(2,3)4/h6-14,24H,5H2,1-4H3. The second-order valence-electron chi connectivity index (χ2n) is 7.87. The largest absolute Gasteiger partial charge is 0.423 e. The van der Waals surface area contributed by atoms with E-state index in [2.05, 4.69) is 25.8 Å². The van der Waals surface area contributed by atoms with Crippen molar-refractivity contribution in [1.29, 1.82) is 0 Å². The number of benzene rings is 2. The summed E-state index contributed by atoms with van der Waals surface area (Å²) in [5, 5.41) is 11.4. The lowest BCUT2D eigenvalue weighted by Crippen LogP contribution is -2.12. The zero-order valence-corrected chi connectivity index (χ0v) is 17.0. The minimum Gasteiger partial charge on any atom is -0.423 e. The first-order chi connectivity index (χ1) is 13.7. The Morgan fingerprint density at radius 3 is 2.34 bits per heavy atom. The van der Waals surface area contributed by atoms with Crippen molar-refractivity contribution >= 4 is 11.7 Å². The van der Waals surface area contributed by atoms with Gasteiger partial charge in [0.15, 0.2) is 0 Å². The first-order valence-electron chi connectivity index (χ1n) is 9.49. The number of nitrogens with one attached hydrogen (secondary N) is 1. The summed E-state index contributed by atoms with van der Waals surface area (Å²) in [5.74, 6) is -0.131. The van der Waals surface area contributed by atoms with Crippen molar-refractivity contribution in [3.05, 3.63) is 81.5 Å². The van der Waals surface area contributed by atoms with E-state index >= 15 is 0 Å². The van der Waals surface area contributed by atoms with E-state index in [1.165, 1.54) is 6.07 Å². The van der Waals surface area contributed by atoms with Crippen LogP contribution in [0.4, 0.5) is 5.69 Å². The third kappa shape index (κ3) is 4.37. The van der Waals surface area contributed by atoms with Gasteiger partial charge in [0.25, 0.3) is 5.69 Å². The minimum absolute atomic E-state index is 0.00137. The molecule has 3 rings (SSSR count). The van der Waals surface area contributed by atoms with Crippen LogP contribution in [0.2, 0.25) is 0 Å². The second-order valence-corrected chi connectivity index (χ2v) is 7.87. The zero-order chi connectivity index (χ0) is 21.2. The molecule has 0 aliphatic carbocycles. The Bertz CT molecular complexity index is 1040. The monoisotopic (exact) mass is 392 g/mol. The number of carbonyl (C=O) groups excluding carboxylic acids is 1. The number of nitro groups is 1. The van der Waals surface area contributed by atoms with Crippen LogP contribution in [0.15, 0.2) is 54.6 Å². The quantitative estimate of drug-likeness (QED) is 0.262. The Morgan fingerprint density at radius 1 is 1.10 bits per heavy atom. The van der Waals surface area contributed by atoms with E-state index < -0.39 is 10.9 Å². The van der Waals surface area contributed by atoms with Crippen molar-refractivity contribution in [2.45, 2.75) is 39.5 Å². The van der Waals surface area contributed by atoms with E-state index in [0.29, 0.717) is 23.4 Å². The molecule has 0 atom stereocenters. The lowest BCUT2D eigenvalue weighted by molar-refractivity contribution is -0.384. The van der Waals surface area contributed by atoms with Crippen LogP contribution >= 0.6 is 0 Å².